The first-order chi connectivity index (χ1) is 65.7. The topological polar surface area (TPSA) is 71.3 Å². The molecule has 0 aliphatic heterocycles. The summed E-state index contributed by atoms with van der Waals surface area (Å²) < 4.78 is 9.61. The van der Waals surface area contributed by atoms with Crippen molar-refractivity contribution in [2.45, 2.75) is 19.3 Å². The number of aromatic nitrogens is 8. The number of fused-ring (bicyclic) bond motifs is 15. The van der Waals surface area contributed by atoms with Gasteiger partial charge < -0.3 is 18.3 Å². The maximum atomic E-state index is 5.18. The van der Waals surface area contributed by atoms with E-state index in [9.17, 15) is 0 Å². The smallest absolute Gasteiger partial charge is 0.160 e. The summed E-state index contributed by atoms with van der Waals surface area (Å²) >= 11 is 0. The fourth-order valence-corrected chi connectivity index (χ4v) is 20.6. The van der Waals surface area contributed by atoms with Crippen molar-refractivity contribution in [1.29, 1.82) is 0 Å². The standard InChI is InChI=1S/C64H42N4.C61H42N4/c1-4-17-43(18-5-1)58-42-59(66-64(65-58)44-19-6-2-7-20-44)51-25-15-23-47(38-51)45-21-14-22-46(37-45)48-24-16-28-53(39-48)68-61-32-13-11-30-55(61)57-41-50(34-36-63(57)68)49-33-35-62-56(40-49)54-29-10-12-31-60(54)67(62)52-26-8-3-9-27-52;1-61(2)52-36-43(55-38-54(39-16-6-3-7-17-39)62-60(63-55)40-18-8-4-9-19-40)26-30-46(52)47-31-29-45(37-53(47)61)65-57-25-15-13-23-49(57)51-35-42(28-33-59(51)65)41-27-32-58-50(34-41)48-22-12-14-24-56(48)64(58)44-20-10-5-11-21-44/h1-42H;3-38H,1-2H3. The molecule has 0 radical (unpaired) electrons. The Balaban J connectivity index is 0.000000143. The second-order valence-corrected chi connectivity index (χ2v) is 35.2. The Morgan fingerprint density at radius 2 is 0.406 bits per heavy atom. The van der Waals surface area contributed by atoms with Crippen molar-refractivity contribution in [3.63, 3.8) is 0 Å². The quantitative estimate of drug-likeness (QED) is 0.109. The molecule has 0 saturated heterocycles. The highest BCUT2D eigenvalue weighted by Crippen LogP contribution is 2.52. The predicted octanol–water partition coefficient (Wildman–Crippen LogP) is 32.3. The van der Waals surface area contributed by atoms with Crippen LogP contribution >= 0.6 is 0 Å². The van der Waals surface area contributed by atoms with Crippen LogP contribution in [0.5, 0.6) is 0 Å². The summed E-state index contributed by atoms with van der Waals surface area (Å²) in [6.45, 7) is 4.73. The molecular weight excluding hydrogens is 1610 g/mol. The van der Waals surface area contributed by atoms with Gasteiger partial charge in [0.2, 0.25) is 0 Å². The molecule has 26 rings (SSSR count). The third-order valence-electron chi connectivity index (χ3n) is 27.0. The molecule has 1 aliphatic rings. The van der Waals surface area contributed by atoms with E-state index < -0.39 is 0 Å². The van der Waals surface area contributed by atoms with Gasteiger partial charge in [-0.3, -0.25) is 0 Å². The van der Waals surface area contributed by atoms with E-state index >= 15 is 0 Å². The van der Waals surface area contributed by atoms with Crippen LogP contribution < -0.4 is 0 Å². The molecule has 133 heavy (non-hydrogen) atoms. The zero-order valence-electron chi connectivity index (χ0n) is 73.1. The van der Waals surface area contributed by atoms with Gasteiger partial charge in [-0.1, -0.05) is 335 Å². The molecule has 0 saturated carbocycles. The Hall–Kier alpha value is -17.5. The van der Waals surface area contributed by atoms with Gasteiger partial charge in [0.15, 0.2) is 11.6 Å². The summed E-state index contributed by atoms with van der Waals surface area (Å²) in [6, 6.07) is 170. The summed E-state index contributed by atoms with van der Waals surface area (Å²) in [5, 5.41) is 9.96. The number of rotatable bonds is 14. The zero-order valence-corrected chi connectivity index (χ0v) is 73.1. The van der Waals surface area contributed by atoms with Crippen LogP contribution in [0.15, 0.2) is 473 Å². The molecule has 0 fully saturated rings. The van der Waals surface area contributed by atoms with Crippen molar-refractivity contribution >= 4 is 87.2 Å². The second kappa shape index (κ2) is 32.1. The minimum Gasteiger partial charge on any atom is -0.309 e. The van der Waals surface area contributed by atoms with E-state index in [0.717, 1.165) is 101 Å². The second-order valence-electron chi connectivity index (χ2n) is 35.2. The molecule has 19 aromatic carbocycles. The van der Waals surface area contributed by atoms with Crippen molar-refractivity contribution in [2.24, 2.45) is 0 Å². The Morgan fingerprint density at radius 3 is 0.797 bits per heavy atom. The Labute approximate surface area is 769 Å². The molecule has 6 aromatic heterocycles. The van der Waals surface area contributed by atoms with Crippen molar-refractivity contribution in [1.82, 2.24) is 38.2 Å². The molecule has 624 valence electrons. The largest absolute Gasteiger partial charge is 0.309 e. The first kappa shape index (κ1) is 77.8. The predicted molar refractivity (Wildman–Crippen MR) is 553 cm³/mol. The highest BCUT2D eigenvalue weighted by atomic mass is 15.0. The van der Waals surface area contributed by atoms with Crippen LogP contribution in [-0.4, -0.2) is 38.2 Å². The van der Waals surface area contributed by atoms with E-state index in [1.165, 1.54) is 137 Å². The molecule has 6 heterocycles. The fraction of sp³-hybridized carbons (Fsp3) is 0.0240. The number of benzene rings is 19. The van der Waals surface area contributed by atoms with E-state index in [0.29, 0.717) is 5.82 Å². The summed E-state index contributed by atoms with van der Waals surface area (Å²) in [5.41, 5.74) is 38.4. The van der Waals surface area contributed by atoms with E-state index in [1.54, 1.807) is 0 Å². The minimum atomic E-state index is -0.248. The van der Waals surface area contributed by atoms with Gasteiger partial charge in [0.25, 0.3) is 0 Å². The molecule has 0 unspecified atom stereocenters. The molecule has 0 N–H and O–H groups in total. The number of hydrogen-bond donors (Lipinski definition) is 0. The lowest BCUT2D eigenvalue weighted by molar-refractivity contribution is 0.660. The average Bonchev–Trinajstić information content (AvgIpc) is 1.56. The molecule has 0 spiro atoms. The van der Waals surface area contributed by atoms with Gasteiger partial charge in [-0.15, -0.1) is 0 Å². The van der Waals surface area contributed by atoms with E-state index in [-0.39, 0.29) is 5.41 Å². The molecule has 0 atom stereocenters. The lowest BCUT2D eigenvalue weighted by Crippen LogP contribution is -2.15. The molecule has 25 aromatic rings. The Kier molecular flexibility index (Phi) is 18.8. The minimum absolute atomic E-state index is 0.248. The van der Waals surface area contributed by atoms with Crippen molar-refractivity contribution in [3.8, 4) is 146 Å². The van der Waals surface area contributed by atoms with Crippen molar-refractivity contribution < 1.29 is 0 Å². The van der Waals surface area contributed by atoms with E-state index in [1.807, 2.05) is 48.5 Å². The molecule has 0 amide bonds. The summed E-state index contributed by atoms with van der Waals surface area (Å²) in [7, 11) is 0. The van der Waals surface area contributed by atoms with Crippen molar-refractivity contribution in [2.75, 3.05) is 0 Å². The van der Waals surface area contributed by atoms with Crippen molar-refractivity contribution in [3.05, 3.63) is 484 Å². The third kappa shape index (κ3) is 13.6. The van der Waals surface area contributed by atoms with Crippen LogP contribution in [0, 0.1) is 0 Å². The lowest BCUT2D eigenvalue weighted by atomic mass is 9.81. The maximum absolute atomic E-state index is 5.18. The highest BCUT2D eigenvalue weighted by molar-refractivity contribution is 6.15. The highest BCUT2D eigenvalue weighted by Gasteiger charge is 2.37. The number of nitrogens with zero attached hydrogens (tertiary/aromatic N) is 8. The fourth-order valence-electron chi connectivity index (χ4n) is 20.6. The first-order valence-electron chi connectivity index (χ1n) is 45.5. The molecule has 8 heteroatoms. The van der Waals surface area contributed by atoms with Gasteiger partial charge in [-0.05, 0) is 218 Å². The average molecular weight is 1700 g/mol. The monoisotopic (exact) mass is 1700 g/mol. The van der Waals surface area contributed by atoms with Gasteiger partial charge >= 0.3 is 0 Å². The Morgan fingerprint density at radius 1 is 0.158 bits per heavy atom. The summed E-state index contributed by atoms with van der Waals surface area (Å²) in [6.07, 6.45) is 0. The van der Waals surface area contributed by atoms with Crippen LogP contribution in [0.25, 0.3) is 233 Å². The van der Waals surface area contributed by atoms with Crippen LogP contribution in [0.4, 0.5) is 0 Å². The summed E-state index contributed by atoms with van der Waals surface area (Å²) in [5.74, 6) is 1.43. The van der Waals surface area contributed by atoms with Crippen LogP contribution in [0.3, 0.4) is 0 Å². The van der Waals surface area contributed by atoms with Gasteiger partial charge in [0.05, 0.1) is 66.9 Å². The van der Waals surface area contributed by atoms with E-state index in [4.69, 9.17) is 19.9 Å². The SMILES string of the molecule is CC1(C)c2cc(-c3cc(-c4ccccc4)nc(-c4ccccc4)n3)ccc2-c2ccc(-n3c4ccccc4c4cc(-c5ccc6c(c5)c5ccccc5n6-c5ccccc5)ccc43)cc21.c1ccc(-c2cc(-c3cccc(-c4cccc(-c5cccc(-n6c7ccccc7c7cc(-c8ccc9c(c8)c8ccccc8n9-c8ccccc8)ccc76)c5)c4)c3)nc(-c3ccccc3)n2)cc1. The van der Waals surface area contributed by atoms with Crippen LogP contribution in [0.1, 0.15) is 25.0 Å². The van der Waals surface area contributed by atoms with Gasteiger partial charge in [-0.2, -0.15) is 0 Å². The number of para-hydroxylation sites is 6. The summed E-state index contributed by atoms with van der Waals surface area (Å²) in [4.78, 5) is 20.3. The zero-order chi connectivity index (χ0) is 88.2. The normalized spacial score (nSPS) is 12.2. The molecule has 1 aliphatic carbocycles. The first-order valence-corrected chi connectivity index (χ1v) is 45.5. The lowest BCUT2D eigenvalue weighted by Gasteiger charge is -2.23. The van der Waals surface area contributed by atoms with Gasteiger partial charge in [-0.25, -0.2) is 19.9 Å². The Bertz CT molecular complexity index is 8780. The number of hydrogen-bond acceptors (Lipinski definition) is 4. The van der Waals surface area contributed by atoms with Gasteiger partial charge in [0, 0.05) is 105 Å². The van der Waals surface area contributed by atoms with Crippen LogP contribution in [0.2, 0.25) is 0 Å². The molecule has 8 nitrogen and oxygen atoms in total. The van der Waals surface area contributed by atoms with Crippen LogP contribution in [-0.2, 0) is 5.41 Å². The molecule has 0 bridgehead atoms. The third-order valence-corrected chi connectivity index (χ3v) is 27.0. The van der Waals surface area contributed by atoms with E-state index in [2.05, 4.69) is 457 Å². The maximum Gasteiger partial charge on any atom is 0.160 e. The van der Waals surface area contributed by atoms with Gasteiger partial charge in [0.1, 0.15) is 0 Å². The molecular formula is C125H84N8.